The number of amides is 2. The zero-order valence-corrected chi connectivity index (χ0v) is 23.0. The number of thiophene rings is 1. The topological polar surface area (TPSA) is 130 Å². The number of carbonyl (C=O) groups excluding carboxylic acids is 2. The normalized spacial score (nSPS) is 17.2. The molecule has 3 aromatic rings. The summed E-state index contributed by atoms with van der Waals surface area (Å²) in [5.41, 5.74) is 2.57. The van der Waals surface area contributed by atoms with E-state index >= 15 is 0 Å². The summed E-state index contributed by atoms with van der Waals surface area (Å²) < 4.78 is 27.5. The Balaban J connectivity index is 1.55. The highest BCUT2D eigenvalue weighted by Crippen LogP contribution is 2.32. The SMILES string of the molecule is COC(=O)N[C@@H](Cc1ccccc1)C(=O)N[C@@H](CC1=CCC(NS(=O)O)C=C1)c1csc(-c2cccs2)n1. The number of benzene rings is 1. The third-order valence-corrected chi connectivity index (χ3v) is 8.28. The summed E-state index contributed by atoms with van der Waals surface area (Å²) in [6.45, 7) is 0. The first-order valence-electron chi connectivity index (χ1n) is 11.8. The van der Waals surface area contributed by atoms with Gasteiger partial charge >= 0.3 is 6.09 Å². The van der Waals surface area contributed by atoms with Gasteiger partial charge in [0.15, 0.2) is 0 Å². The number of aromatic nitrogens is 1. The van der Waals surface area contributed by atoms with Crippen LogP contribution in [0.2, 0.25) is 0 Å². The van der Waals surface area contributed by atoms with Gasteiger partial charge in [-0.2, -0.15) is 0 Å². The van der Waals surface area contributed by atoms with E-state index in [-0.39, 0.29) is 11.9 Å². The van der Waals surface area contributed by atoms with Crippen LogP contribution in [-0.4, -0.2) is 44.9 Å². The summed E-state index contributed by atoms with van der Waals surface area (Å²) in [5.74, 6) is -0.356. The molecule has 9 nitrogen and oxygen atoms in total. The van der Waals surface area contributed by atoms with Gasteiger partial charge in [0.25, 0.3) is 0 Å². The summed E-state index contributed by atoms with van der Waals surface area (Å²) in [7, 11) is 1.26. The first kappa shape index (κ1) is 27.9. The molecule has 4 N–H and O–H groups in total. The Morgan fingerprint density at radius 1 is 1.16 bits per heavy atom. The van der Waals surface area contributed by atoms with E-state index in [1.807, 2.05) is 71.5 Å². The Hall–Kier alpha value is -3.16. The van der Waals surface area contributed by atoms with E-state index in [0.29, 0.717) is 25.0 Å². The number of alkyl carbamates (subject to hydrolysis) is 1. The van der Waals surface area contributed by atoms with Crippen molar-refractivity contribution in [1.82, 2.24) is 20.3 Å². The molecule has 0 saturated heterocycles. The highest BCUT2D eigenvalue weighted by molar-refractivity contribution is 7.77. The van der Waals surface area contributed by atoms with Crippen LogP contribution in [0.4, 0.5) is 4.79 Å². The number of nitrogens with zero attached hydrogens (tertiary/aromatic N) is 1. The second-order valence-corrected chi connectivity index (χ2v) is 11.1. The summed E-state index contributed by atoms with van der Waals surface area (Å²) in [6, 6.07) is 11.8. The molecule has 1 aliphatic rings. The third kappa shape index (κ3) is 7.92. The van der Waals surface area contributed by atoms with Gasteiger partial charge in [-0.25, -0.2) is 18.7 Å². The average Bonchev–Trinajstić information content (AvgIpc) is 3.62. The van der Waals surface area contributed by atoms with Gasteiger partial charge in [0, 0.05) is 17.8 Å². The molecule has 0 saturated carbocycles. The lowest BCUT2D eigenvalue weighted by atomic mass is 9.96. The number of nitrogens with one attached hydrogen (secondary N) is 3. The third-order valence-electron chi connectivity index (χ3n) is 5.87. The zero-order chi connectivity index (χ0) is 26.9. The number of carbonyl (C=O) groups is 2. The number of hydrogen-bond donors (Lipinski definition) is 4. The van der Waals surface area contributed by atoms with Crippen LogP contribution < -0.4 is 15.4 Å². The van der Waals surface area contributed by atoms with E-state index in [4.69, 9.17) is 14.3 Å². The fourth-order valence-corrected chi connectivity index (χ4v) is 6.11. The van der Waals surface area contributed by atoms with Gasteiger partial charge in [-0.1, -0.05) is 54.6 Å². The predicted octanol–water partition coefficient (Wildman–Crippen LogP) is 4.37. The molecule has 2 unspecified atom stereocenters. The van der Waals surface area contributed by atoms with Crippen molar-refractivity contribution >= 4 is 45.9 Å². The van der Waals surface area contributed by atoms with Crippen LogP contribution in [0, 0.1) is 0 Å². The van der Waals surface area contributed by atoms with Crippen molar-refractivity contribution in [2.75, 3.05) is 7.11 Å². The maximum atomic E-state index is 13.5. The van der Waals surface area contributed by atoms with Crippen LogP contribution in [-0.2, 0) is 27.2 Å². The Kier molecular flexibility index (Phi) is 9.96. The number of methoxy groups -OCH3 is 1. The summed E-state index contributed by atoms with van der Waals surface area (Å²) in [5, 5.41) is 10.5. The van der Waals surface area contributed by atoms with Crippen molar-refractivity contribution in [1.29, 1.82) is 0 Å². The number of allylic oxidation sites excluding steroid dienone is 1. The molecule has 0 fully saturated rings. The summed E-state index contributed by atoms with van der Waals surface area (Å²) >= 11 is 0.999. The maximum Gasteiger partial charge on any atom is 0.407 e. The molecule has 2 aromatic heterocycles. The quantitative estimate of drug-likeness (QED) is 0.253. The van der Waals surface area contributed by atoms with Crippen LogP contribution in [0.15, 0.2) is 77.0 Å². The smallest absolute Gasteiger partial charge is 0.407 e. The minimum atomic E-state index is -2.10. The molecule has 1 aromatic carbocycles. The molecule has 0 spiro atoms. The first-order valence-corrected chi connectivity index (χ1v) is 14.7. The van der Waals surface area contributed by atoms with E-state index in [0.717, 1.165) is 21.0 Å². The summed E-state index contributed by atoms with van der Waals surface area (Å²) in [4.78, 5) is 31.4. The van der Waals surface area contributed by atoms with Gasteiger partial charge in [-0.3, -0.25) is 9.35 Å². The lowest BCUT2D eigenvalue weighted by molar-refractivity contribution is -0.123. The minimum Gasteiger partial charge on any atom is -0.453 e. The molecule has 0 bridgehead atoms. The largest absolute Gasteiger partial charge is 0.453 e. The predicted molar refractivity (Wildman–Crippen MR) is 150 cm³/mol. The van der Waals surface area contributed by atoms with Gasteiger partial charge in [-0.15, -0.1) is 22.7 Å². The summed E-state index contributed by atoms with van der Waals surface area (Å²) in [6.07, 6.45) is 6.29. The fourth-order valence-electron chi connectivity index (χ4n) is 3.99. The van der Waals surface area contributed by atoms with E-state index in [1.54, 1.807) is 11.3 Å². The van der Waals surface area contributed by atoms with Crippen LogP contribution in [0.25, 0.3) is 9.88 Å². The van der Waals surface area contributed by atoms with Crippen LogP contribution >= 0.6 is 22.7 Å². The molecule has 0 radical (unpaired) electrons. The van der Waals surface area contributed by atoms with E-state index in [2.05, 4.69) is 15.4 Å². The second kappa shape index (κ2) is 13.6. The average molecular weight is 573 g/mol. The molecule has 12 heteroatoms. The van der Waals surface area contributed by atoms with Crippen molar-refractivity contribution in [2.24, 2.45) is 0 Å². The van der Waals surface area contributed by atoms with Gasteiger partial charge < -0.3 is 15.4 Å². The van der Waals surface area contributed by atoms with Crippen molar-refractivity contribution < 1.29 is 23.1 Å². The molecular formula is C26H28N4O5S3. The standard InChI is InChI=1S/C26H28N4O5S3/c1-35-26(32)29-21(15-17-6-3-2-4-7-17)24(31)27-20(14-18-9-11-19(12-10-18)30-38(33)34)22-16-37-25(28-22)23-8-5-13-36-23/h2-11,13,16,19-21,30H,12,14-15H2,1H3,(H,27,31)(H,29,32)(H,33,34)/t19?,20-,21-/m0/s1. The van der Waals surface area contributed by atoms with Crippen molar-refractivity contribution in [2.45, 2.75) is 37.4 Å². The van der Waals surface area contributed by atoms with Crippen LogP contribution in [0.3, 0.4) is 0 Å². The zero-order valence-electron chi connectivity index (χ0n) is 20.5. The molecule has 2 heterocycles. The van der Waals surface area contributed by atoms with Crippen LogP contribution in [0.1, 0.15) is 30.1 Å². The Bertz CT molecular complexity index is 1310. The number of hydrogen-bond acceptors (Lipinski definition) is 7. The van der Waals surface area contributed by atoms with E-state index < -0.39 is 29.4 Å². The second-order valence-electron chi connectivity index (χ2n) is 8.55. The van der Waals surface area contributed by atoms with E-state index in [1.165, 1.54) is 18.4 Å². The van der Waals surface area contributed by atoms with Crippen molar-refractivity contribution in [3.8, 4) is 9.88 Å². The van der Waals surface area contributed by atoms with Gasteiger partial charge in [-0.05, 0) is 35.4 Å². The van der Waals surface area contributed by atoms with Gasteiger partial charge in [0.2, 0.25) is 17.2 Å². The molecule has 2 amide bonds. The molecule has 4 rings (SSSR count). The lowest BCUT2D eigenvalue weighted by Crippen LogP contribution is -2.49. The Morgan fingerprint density at radius 2 is 1.97 bits per heavy atom. The van der Waals surface area contributed by atoms with Crippen LogP contribution in [0.5, 0.6) is 0 Å². The number of thiazole rings is 1. The van der Waals surface area contributed by atoms with E-state index in [9.17, 15) is 13.8 Å². The molecular weight excluding hydrogens is 545 g/mol. The molecule has 1 aliphatic carbocycles. The van der Waals surface area contributed by atoms with Gasteiger partial charge in [0.05, 0.1) is 23.7 Å². The molecule has 4 atom stereocenters. The molecule has 0 aliphatic heterocycles. The lowest BCUT2D eigenvalue weighted by Gasteiger charge is -2.24. The number of rotatable bonds is 11. The highest BCUT2D eigenvalue weighted by atomic mass is 32.2. The van der Waals surface area contributed by atoms with Crippen molar-refractivity contribution in [3.05, 3.63) is 88.3 Å². The maximum absolute atomic E-state index is 13.5. The van der Waals surface area contributed by atoms with Gasteiger partial charge in [0.1, 0.15) is 11.0 Å². The first-order chi connectivity index (χ1) is 18.4. The molecule has 38 heavy (non-hydrogen) atoms. The minimum absolute atomic E-state index is 0.248. The highest BCUT2D eigenvalue weighted by Gasteiger charge is 2.27. The molecule has 200 valence electrons. The monoisotopic (exact) mass is 572 g/mol. The number of ether oxygens (including phenoxy) is 1. The Labute approximate surface area is 231 Å². The van der Waals surface area contributed by atoms with Crippen molar-refractivity contribution in [3.63, 3.8) is 0 Å². The Morgan fingerprint density at radius 3 is 2.63 bits per heavy atom. The fraction of sp³-hybridized carbons (Fsp3) is 0.269.